The third-order valence-electron chi connectivity index (χ3n) is 5.48. The monoisotopic (exact) mass is 392 g/mol. The summed E-state index contributed by atoms with van der Waals surface area (Å²) < 4.78 is 5.15. The minimum atomic E-state index is -2.39. The van der Waals surface area contributed by atoms with Crippen molar-refractivity contribution in [1.82, 2.24) is 0 Å². The third kappa shape index (κ3) is 4.03. The fourth-order valence-corrected chi connectivity index (χ4v) is 9.26. The Kier molecular flexibility index (Phi) is 7.01. The van der Waals surface area contributed by atoms with Gasteiger partial charge >= 0.3 is 169 Å². The van der Waals surface area contributed by atoms with E-state index in [1.165, 1.54) is 30.6 Å². The number of unbranched alkanes of at least 4 members (excludes halogenated alkanes) is 2. The van der Waals surface area contributed by atoms with Crippen LogP contribution in [0.25, 0.3) is 0 Å². The number of methoxy groups -OCH3 is 1. The molecule has 0 aliphatic rings. The molecule has 0 aromatic heterocycles. The van der Waals surface area contributed by atoms with Gasteiger partial charge < -0.3 is 0 Å². The summed E-state index contributed by atoms with van der Waals surface area (Å²) in [6, 6.07) is 29.5. The molecule has 3 aromatic rings. The van der Waals surface area contributed by atoms with Crippen LogP contribution >= 0.6 is 7.26 Å². The van der Waals surface area contributed by atoms with Crippen molar-refractivity contribution in [2.75, 3.05) is 13.3 Å². The zero-order chi connectivity index (χ0) is 19.8. The Morgan fingerprint density at radius 1 is 0.786 bits per heavy atom. The van der Waals surface area contributed by atoms with Crippen LogP contribution in [0, 0.1) is 0 Å². The number of ether oxygens (including phenoxy) is 1. The van der Waals surface area contributed by atoms with Crippen LogP contribution in [0.2, 0.25) is 0 Å². The first-order valence-corrected chi connectivity index (χ1v) is 12.2. The molecule has 0 atom stereocenters. The van der Waals surface area contributed by atoms with E-state index in [1.54, 1.807) is 0 Å². The van der Waals surface area contributed by atoms with Crippen molar-refractivity contribution in [3.63, 3.8) is 0 Å². The molecule has 0 aliphatic heterocycles. The predicted octanol–water partition coefficient (Wildman–Crippen LogP) is 4.69. The van der Waals surface area contributed by atoms with Crippen LogP contribution in [0.5, 0.6) is 0 Å². The number of esters is 1. The summed E-state index contributed by atoms with van der Waals surface area (Å²) in [5.74, 6) is -0.255. The van der Waals surface area contributed by atoms with Crippen molar-refractivity contribution in [2.45, 2.75) is 26.2 Å². The van der Waals surface area contributed by atoms with Crippen LogP contribution in [0.1, 0.15) is 36.5 Å². The van der Waals surface area contributed by atoms with Gasteiger partial charge in [0.2, 0.25) is 0 Å². The molecule has 0 amide bonds. The van der Waals surface area contributed by atoms with Crippen LogP contribution in [-0.4, -0.2) is 19.2 Å². The maximum atomic E-state index is 12.7. The molecule has 0 fully saturated rings. The summed E-state index contributed by atoms with van der Waals surface area (Å²) in [6.45, 7) is 2.23. The van der Waals surface area contributed by atoms with Crippen molar-refractivity contribution in [3.05, 3.63) is 90.5 Å². The average Bonchev–Trinajstić information content (AvgIpc) is 2.78. The second kappa shape index (κ2) is 9.66. The third-order valence-corrected chi connectivity index (χ3v) is 10.6. The number of hydrogen-bond donors (Lipinski definition) is 0. The molecule has 146 valence electrons. The second-order valence-electron chi connectivity index (χ2n) is 7.13. The zero-order valence-electron chi connectivity index (χ0n) is 16.7. The van der Waals surface area contributed by atoms with Gasteiger partial charge in [-0.2, -0.15) is 0 Å². The molecule has 0 saturated heterocycles. The van der Waals surface area contributed by atoms with E-state index in [1.807, 2.05) is 12.1 Å². The van der Waals surface area contributed by atoms with Gasteiger partial charge in [-0.1, -0.05) is 0 Å². The van der Waals surface area contributed by atoms with Gasteiger partial charge in [0, 0.05) is 0 Å². The SMILES string of the molecule is CCCCC[PH](c1ccccc1)(c1ccccc1)c1ccccc1C(=O)OC. The average molecular weight is 392 g/mol. The summed E-state index contributed by atoms with van der Waals surface area (Å²) in [4.78, 5) is 12.7. The molecule has 0 N–H and O–H groups in total. The molecule has 0 radical (unpaired) electrons. The van der Waals surface area contributed by atoms with Gasteiger partial charge in [0.15, 0.2) is 0 Å². The van der Waals surface area contributed by atoms with Crippen molar-refractivity contribution in [1.29, 1.82) is 0 Å². The van der Waals surface area contributed by atoms with Crippen LogP contribution < -0.4 is 15.9 Å². The van der Waals surface area contributed by atoms with Crippen molar-refractivity contribution >= 4 is 29.1 Å². The first-order valence-electron chi connectivity index (χ1n) is 10.0. The minimum absolute atomic E-state index is 0.255. The molecule has 0 aliphatic carbocycles. The van der Waals surface area contributed by atoms with E-state index in [0.717, 1.165) is 17.9 Å². The Labute approximate surface area is 168 Å². The van der Waals surface area contributed by atoms with Gasteiger partial charge in [0.25, 0.3) is 0 Å². The van der Waals surface area contributed by atoms with E-state index in [9.17, 15) is 4.79 Å². The second-order valence-corrected chi connectivity index (χ2v) is 11.1. The quantitative estimate of drug-likeness (QED) is 0.316. The van der Waals surface area contributed by atoms with Crippen molar-refractivity contribution < 1.29 is 9.53 Å². The van der Waals surface area contributed by atoms with Gasteiger partial charge in [-0.05, 0) is 0 Å². The summed E-state index contributed by atoms with van der Waals surface area (Å²) in [6.07, 6.45) is 4.58. The summed E-state index contributed by atoms with van der Waals surface area (Å²) in [7, 11) is -0.923. The van der Waals surface area contributed by atoms with E-state index >= 15 is 0 Å². The van der Waals surface area contributed by atoms with E-state index in [2.05, 4.69) is 79.7 Å². The Balaban J connectivity index is 2.32. The van der Waals surface area contributed by atoms with Crippen LogP contribution in [-0.2, 0) is 4.74 Å². The Bertz CT molecular complexity index is 851. The fraction of sp³-hybridized carbons (Fsp3) is 0.240. The molecule has 3 aromatic carbocycles. The van der Waals surface area contributed by atoms with Gasteiger partial charge in [0.1, 0.15) is 0 Å². The van der Waals surface area contributed by atoms with Gasteiger partial charge in [-0.25, -0.2) is 0 Å². The fourth-order valence-electron chi connectivity index (χ4n) is 4.13. The maximum absolute atomic E-state index is 12.7. The van der Waals surface area contributed by atoms with E-state index in [4.69, 9.17) is 4.74 Å². The Hall–Kier alpha value is -2.44. The molecule has 3 rings (SSSR count). The topological polar surface area (TPSA) is 26.3 Å². The zero-order valence-corrected chi connectivity index (χ0v) is 17.7. The van der Waals surface area contributed by atoms with Crippen molar-refractivity contribution in [2.24, 2.45) is 0 Å². The summed E-state index contributed by atoms with van der Waals surface area (Å²) >= 11 is 0. The number of carbonyl (C=O) groups is 1. The molecule has 0 spiro atoms. The van der Waals surface area contributed by atoms with E-state index in [0.29, 0.717) is 5.56 Å². The number of benzene rings is 3. The van der Waals surface area contributed by atoms with Crippen LogP contribution in [0.4, 0.5) is 0 Å². The predicted molar refractivity (Wildman–Crippen MR) is 122 cm³/mol. The molecular weight excluding hydrogens is 363 g/mol. The number of carbonyl (C=O) groups excluding carboxylic acids is 1. The van der Waals surface area contributed by atoms with Crippen LogP contribution in [0.3, 0.4) is 0 Å². The molecule has 0 bridgehead atoms. The molecular formula is C25H29O2P. The van der Waals surface area contributed by atoms with Gasteiger partial charge in [-0.3, -0.25) is 0 Å². The summed E-state index contributed by atoms with van der Waals surface area (Å²) in [5, 5.41) is 3.83. The number of rotatable bonds is 8. The first kappa shape index (κ1) is 20.3. The standard InChI is InChI=1S/C25H29O2P/c1-3-4-13-20-28(21-14-7-5-8-15-21,22-16-9-6-10-17-22)24-19-12-11-18-23(24)25(26)27-2/h5-12,14-19,28H,3-4,13,20H2,1-2H3. The Morgan fingerprint density at radius 3 is 1.86 bits per heavy atom. The molecule has 2 nitrogen and oxygen atoms in total. The molecule has 0 unspecified atom stereocenters. The molecule has 28 heavy (non-hydrogen) atoms. The van der Waals surface area contributed by atoms with Crippen molar-refractivity contribution in [3.8, 4) is 0 Å². The Morgan fingerprint density at radius 2 is 1.32 bits per heavy atom. The van der Waals surface area contributed by atoms with Gasteiger partial charge in [-0.15, -0.1) is 0 Å². The molecule has 3 heteroatoms. The van der Waals surface area contributed by atoms with Gasteiger partial charge in [0.05, 0.1) is 0 Å². The van der Waals surface area contributed by atoms with Crippen LogP contribution in [0.15, 0.2) is 84.9 Å². The molecule has 0 heterocycles. The van der Waals surface area contributed by atoms with E-state index in [-0.39, 0.29) is 5.97 Å². The molecule has 0 saturated carbocycles. The first-order chi connectivity index (χ1) is 13.7. The van der Waals surface area contributed by atoms with E-state index < -0.39 is 7.26 Å². The summed E-state index contributed by atoms with van der Waals surface area (Å²) in [5.41, 5.74) is 0.695. The number of hydrogen-bond acceptors (Lipinski definition) is 2. The normalized spacial score (nSPS) is 11.8.